The van der Waals surface area contributed by atoms with Gasteiger partial charge in [-0.2, -0.15) is 0 Å². The zero-order valence-electron chi connectivity index (χ0n) is 9.43. The molecule has 7 nitrogen and oxygen atoms in total. The van der Waals surface area contributed by atoms with Gasteiger partial charge in [0.25, 0.3) is 0 Å². The number of hydrogen-bond donors (Lipinski definition) is 2. The summed E-state index contributed by atoms with van der Waals surface area (Å²) in [4.78, 5) is 18.9. The van der Waals surface area contributed by atoms with Crippen molar-refractivity contribution in [3.63, 3.8) is 0 Å². The smallest absolute Gasteiger partial charge is 0.343 e. The number of esters is 1. The Balaban J connectivity index is 3.21. The lowest BCUT2D eigenvalue weighted by Gasteiger charge is -2.07. The van der Waals surface area contributed by atoms with Crippen LogP contribution in [-0.4, -0.2) is 37.3 Å². The third-order valence-electron chi connectivity index (χ3n) is 1.96. The van der Waals surface area contributed by atoms with Crippen molar-refractivity contribution in [2.45, 2.75) is 0 Å². The van der Waals surface area contributed by atoms with Crippen molar-refractivity contribution in [1.29, 1.82) is 5.41 Å². The third kappa shape index (κ3) is 2.77. The summed E-state index contributed by atoms with van der Waals surface area (Å²) in [6, 6.07) is 1.45. The number of carbonyl (C=O) groups excluding carboxylic acids is 1. The summed E-state index contributed by atoms with van der Waals surface area (Å²) in [6.45, 7) is 0. The van der Waals surface area contributed by atoms with E-state index in [1.54, 1.807) is 0 Å². The Hall–Kier alpha value is -2.44. The maximum atomic E-state index is 11.4. The van der Waals surface area contributed by atoms with E-state index in [1.165, 1.54) is 26.5 Å². The van der Waals surface area contributed by atoms with Gasteiger partial charge in [-0.15, -0.1) is 0 Å². The van der Waals surface area contributed by atoms with E-state index >= 15 is 0 Å². The van der Waals surface area contributed by atoms with Gasteiger partial charge >= 0.3 is 5.97 Å². The average Bonchev–Trinajstić information content (AvgIpc) is 2.37. The van der Waals surface area contributed by atoms with Gasteiger partial charge in [0.2, 0.25) is 0 Å². The number of hydrogen-bond acceptors (Lipinski definition) is 5. The Labute approximate surface area is 97.8 Å². The molecule has 0 bridgehead atoms. The normalized spacial score (nSPS) is 10.8. The molecule has 0 aliphatic carbocycles. The highest BCUT2D eigenvalue weighted by Gasteiger charge is 2.15. The maximum Gasteiger partial charge on any atom is 0.343 e. The van der Waals surface area contributed by atoms with Crippen LogP contribution in [0, 0.1) is 5.41 Å². The zero-order valence-corrected chi connectivity index (χ0v) is 9.43. The molecule has 1 aromatic heterocycles. The molecule has 0 fully saturated rings. The van der Waals surface area contributed by atoms with Crippen LogP contribution in [-0.2, 0) is 4.74 Å². The molecule has 0 spiro atoms. The molecule has 7 heteroatoms. The van der Waals surface area contributed by atoms with E-state index in [0.717, 1.165) is 6.34 Å². The first-order valence-electron chi connectivity index (χ1n) is 4.59. The molecule has 1 rings (SSSR count). The number of aliphatic imine (C=N–C) groups is 1. The molecule has 0 aromatic carbocycles. The topological polar surface area (TPSA) is 111 Å². The van der Waals surface area contributed by atoms with Crippen LogP contribution in [0.15, 0.2) is 17.3 Å². The summed E-state index contributed by atoms with van der Waals surface area (Å²) in [6.07, 6.45) is 2.09. The lowest BCUT2D eigenvalue weighted by Crippen LogP contribution is -2.16. The standard InChI is InChI=1S/C10H12N4O3/c1-16-8-3-7(9(12)14-5-11)13-4-6(8)10(15)17-2/h3-5H,1-2H3,(H3,11,12,14). The van der Waals surface area contributed by atoms with Crippen LogP contribution in [0.5, 0.6) is 5.75 Å². The molecular weight excluding hydrogens is 224 g/mol. The Bertz CT molecular complexity index is 471. The van der Waals surface area contributed by atoms with Gasteiger partial charge in [0.15, 0.2) is 5.84 Å². The van der Waals surface area contributed by atoms with Gasteiger partial charge in [0, 0.05) is 12.3 Å². The van der Waals surface area contributed by atoms with E-state index in [4.69, 9.17) is 15.9 Å². The highest BCUT2D eigenvalue weighted by molar-refractivity contribution is 6.01. The number of nitrogens with two attached hydrogens (primary N) is 1. The molecule has 1 aromatic rings. The summed E-state index contributed by atoms with van der Waals surface area (Å²) >= 11 is 0. The number of nitrogens with one attached hydrogen (secondary N) is 1. The van der Waals surface area contributed by atoms with Gasteiger partial charge in [-0.05, 0) is 0 Å². The number of aromatic nitrogens is 1. The van der Waals surface area contributed by atoms with Crippen LogP contribution >= 0.6 is 0 Å². The van der Waals surface area contributed by atoms with Crippen molar-refractivity contribution in [1.82, 2.24) is 4.98 Å². The molecule has 3 N–H and O–H groups in total. The highest BCUT2D eigenvalue weighted by Crippen LogP contribution is 2.18. The number of carbonyl (C=O) groups is 1. The van der Waals surface area contributed by atoms with E-state index in [9.17, 15) is 4.79 Å². The Morgan fingerprint density at radius 3 is 2.82 bits per heavy atom. The first-order chi connectivity index (χ1) is 8.13. The molecule has 0 aliphatic heterocycles. The molecule has 0 unspecified atom stereocenters. The lowest BCUT2D eigenvalue weighted by atomic mass is 10.2. The van der Waals surface area contributed by atoms with Crippen LogP contribution in [0.3, 0.4) is 0 Å². The van der Waals surface area contributed by atoms with Gasteiger partial charge in [0.1, 0.15) is 23.3 Å². The highest BCUT2D eigenvalue weighted by atomic mass is 16.5. The predicted molar refractivity (Wildman–Crippen MR) is 61.6 cm³/mol. The number of amidine groups is 1. The first kappa shape index (κ1) is 12.6. The van der Waals surface area contributed by atoms with E-state index in [-0.39, 0.29) is 17.1 Å². The zero-order chi connectivity index (χ0) is 12.8. The van der Waals surface area contributed by atoms with Crippen molar-refractivity contribution >= 4 is 18.1 Å². The number of methoxy groups -OCH3 is 2. The minimum absolute atomic E-state index is 0.0646. The number of nitrogens with zero attached hydrogens (tertiary/aromatic N) is 2. The van der Waals surface area contributed by atoms with Gasteiger partial charge in [0.05, 0.1) is 14.2 Å². The predicted octanol–water partition coefficient (Wildman–Crippen LogP) is 0.189. The van der Waals surface area contributed by atoms with Gasteiger partial charge in [-0.25, -0.2) is 9.79 Å². The van der Waals surface area contributed by atoms with Crippen LogP contribution in [0.25, 0.3) is 0 Å². The van der Waals surface area contributed by atoms with Gasteiger partial charge < -0.3 is 15.2 Å². The summed E-state index contributed by atoms with van der Waals surface area (Å²) in [7, 11) is 2.68. The molecule has 0 saturated heterocycles. The maximum absolute atomic E-state index is 11.4. The molecule has 0 amide bonds. The second-order valence-electron chi connectivity index (χ2n) is 2.90. The Kier molecular flexibility index (Phi) is 4.15. The monoisotopic (exact) mass is 236 g/mol. The van der Waals surface area contributed by atoms with Crippen LogP contribution in [0.2, 0.25) is 0 Å². The van der Waals surface area contributed by atoms with E-state index in [1.807, 2.05) is 0 Å². The van der Waals surface area contributed by atoms with Gasteiger partial charge in [-0.1, -0.05) is 0 Å². The summed E-state index contributed by atoms with van der Waals surface area (Å²) < 4.78 is 9.60. The molecule has 0 aliphatic rings. The molecule has 0 saturated carbocycles. The average molecular weight is 236 g/mol. The minimum atomic E-state index is -0.552. The number of pyridine rings is 1. The Morgan fingerprint density at radius 2 is 2.29 bits per heavy atom. The SMILES string of the molecule is COC(=O)c1cnc(C(N)=NC=N)cc1OC. The molecule has 90 valence electrons. The van der Waals surface area contributed by atoms with Crippen molar-refractivity contribution in [2.24, 2.45) is 10.7 Å². The van der Waals surface area contributed by atoms with Crippen molar-refractivity contribution < 1.29 is 14.3 Å². The minimum Gasteiger partial charge on any atom is -0.496 e. The second kappa shape index (κ2) is 5.59. The molecule has 17 heavy (non-hydrogen) atoms. The van der Waals surface area contributed by atoms with Gasteiger partial charge in [-0.3, -0.25) is 10.4 Å². The molecule has 1 heterocycles. The van der Waals surface area contributed by atoms with Crippen molar-refractivity contribution in [3.05, 3.63) is 23.5 Å². The summed E-state index contributed by atoms with van der Waals surface area (Å²) in [5.74, 6) is -0.205. The van der Waals surface area contributed by atoms with E-state index in [2.05, 4.69) is 14.7 Å². The lowest BCUT2D eigenvalue weighted by molar-refractivity contribution is 0.0596. The van der Waals surface area contributed by atoms with Crippen LogP contribution in [0.4, 0.5) is 0 Å². The van der Waals surface area contributed by atoms with Crippen LogP contribution in [0.1, 0.15) is 16.1 Å². The second-order valence-corrected chi connectivity index (χ2v) is 2.90. The van der Waals surface area contributed by atoms with E-state index in [0.29, 0.717) is 5.69 Å². The Morgan fingerprint density at radius 1 is 1.59 bits per heavy atom. The summed E-state index contributed by atoms with van der Waals surface area (Å²) in [5.41, 5.74) is 6.07. The number of ether oxygens (including phenoxy) is 2. The van der Waals surface area contributed by atoms with Crippen molar-refractivity contribution in [3.8, 4) is 5.75 Å². The quantitative estimate of drug-likeness (QED) is 0.440. The van der Waals surface area contributed by atoms with E-state index < -0.39 is 5.97 Å². The van der Waals surface area contributed by atoms with Crippen molar-refractivity contribution in [2.75, 3.05) is 14.2 Å². The molecule has 0 radical (unpaired) electrons. The largest absolute Gasteiger partial charge is 0.496 e. The number of rotatable bonds is 4. The molecular formula is C10H12N4O3. The van der Waals surface area contributed by atoms with Crippen LogP contribution < -0.4 is 10.5 Å². The summed E-state index contributed by atoms with van der Waals surface area (Å²) in [5, 5.41) is 6.80. The third-order valence-corrected chi connectivity index (χ3v) is 1.96. The first-order valence-corrected chi connectivity index (χ1v) is 4.59. The molecule has 0 atom stereocenters. The fourth-order valence-corrected chi connectivity index (χ4v) is 1.14. The fraction of sp³-hybridized carbons (Fsp3) is 0.200. The fourth-order valence-electron chi connectivity index (χ4n) is 1.14.